The lowest BCUT2D eigenvalue weighted by atomic mass is 10.1. The molecule has 3 heterocycles. The molecule has 22 heavy (non-hydrogen) atoms. The third-order valence-corrected chi connectivity index (χ3v) is 5.25. The molecule has 0 radical (unpaired) electrons. The van der Waals surface area contributed by atoms with Crippen molar-refractivity contribution < 1.29 is 5.11 Å². The second kappa shape index (κ2) is 6.48. The molecule has 2 aromatic rings. The van der Waals surface area contributed by atoms with Gasteiger partial charge < -0.3 is 10.0 Å². The zero-order valence-corrected chi connectivity index (χ0v) is 14.0. The Morgan fingerprint density at radius 1 is 1.27 bits per heavy atom. The van der Waals surface area contributed by atoms with Gasteiger partial charge in [-0.15, -0.1) is 0 Å². The first-order chi connectivity index (χ1) is 10.5. The van der Waals surface area contributed by atoms with E-state index in [4.69, 9.17) is 0 Å². The second-order valence-corrected chi connectivity index (χ2v) is 7.24. The van der Waals surface area contributed by atoms with Crippen LogP contribution in [0, 0.1) is 13.8 Å². The van der Waals surface area contributed by atoms with Gasteiger partial charge in [-0.05, 0) is 62.9 Å². The SMILES string of the molecule is Cc1cc(C)c2c(=O)n(CC(O)CN3CCCCC3)sc2n1. The van der Waals surface area contributed by atoms with Gasteiger partial charge in [-0.1, -0.05) is 6.42 Å². The molecule has 6 heteroatoms. The van der Waals surface area contributed by atoms with Crippen molar-refractivity contribution in [2.45, 2.75) is 45.8 Å². The van der Waals surface area contributed by atoms with Gasteiger partial charge in [0.2, 0.25) is 0 Å². The lowest BCUT2D eigenvalue weighted by Gasteiger charge is -2.28. The summed E-state index contributed by atoms with van der Waals surface area (Å²) in [5.41, 5.74) is 1.86. The van der Waals surface area contributed by atoms with Gasteiger partial charge >= 0.3 is 0 Å². The lowest BCUT2D eigenvalue weighted by Crippen LogP contribution is -2.38. The Morgan fingerprint density at radius 2 is 2.00 bits per heavy atom. The van der Waals surface area contributed by atoms with Gasteiger partial charge in [-0.3, -0.25) is 8.75 Å². The van der Waals surface area contributed by atoms with Crippen LogP contribution in [0.4, 0.5) is 0 Å². The standard InChI is InChI=1S/C16H23N3O2S/c1-11-8-12(2)17-15-14(11)16(21)19(22-15)10-13(20)9-18-6-4-3-5-7-18/h8,13,20H,3-7,9-10H2,1-2H3. The van der Waals surface area contributed by atoms with E-state index < -0.39 is 6.10 Å². The van der Waals surface area contributed by atoms with E-state index in [9.17, 15) is 9.90 Å². The first-order valence-electron chi connectivity index (χ1n) is 7.93. The number of aliphatic hydroxyl groups is 1. The highest BCUT2D eigenvalue weighted by Crippen LogP contribution is 2.19. The minimum Gasteiger partial charge on any atom is -0.390 e. The van der Waals surface area contributed by atoms with Crippen LogP contribution in [0.15, 0.2) is 10.9 Å². The summed E-state index contributed by atoms with van der Waals surface area (Å²) in [6.07, 6.45) is 3.19. The molecule has 0 spiro atoms. The number of aromatic nitrogens is 2. The topological polar surface area (TPSA) is 58.4 Å². The van der Waals surface area contributed by atoms with E-state index in [2.05, 4.69) is 9.88 Å². The average Bonchev–Trinajstić information content (AvgIpc) is 2.76. The fraction of sp³-hybridized carbons (Fsp3) is 0.625. The molecular formula is C16H23N3O2S. The third kappa shape index (κ3) is 3.24. The summed E-state index contributed by atoms with van der Waals surface area (Å²) in [4.78, 5) is 20.0. The van der Waals surface area contributed by atoms with Crippen LogP contribution in [0.2, 0.25) is 0 Å². The zero-order chi connectivity index (χ0) is 15.7. The van der Waals surface area contributed by atoms with E-state index in [1.54, 1.807) is 3.96 Å². The Labute approximate surface area is 134 Å². The molecule has 120 valence electrons. The van der Waals surface area contributed by atoms with Crippen LogP contribution in [-0.2, 0) is 6.54 Å². The maximum absolute atomic E-state index is 12.5. The summed E-state index contributed by atoms with van der Waals surface area (Å²) in [6, 6.07) is 1.94. The van der Waals surface area contributed by atoms with Gasteiger partial charge in [-0.25, -0.2) is 4.98 Å². The maximum atomic E-state index is 12.5. The molecule has 0 amide bonds. The summed E-state index contributed by atoms with van der Waals surface area (Å²) in [7, 11) is 0. The molecule has 1 fully saturated rings. The highest BCUT2D eigenvalue weighted by Gasteiger charge is 2.18. The van der Waals surface area contributed by atoms with Gasteiger partial charge in [0.1, 0.15) is 4.83 Å². The number of likely N-dealkylation sites (tertiary alicyclic amines) is 1. The predicted octanol–water partition coefficient (Wildman–Crippen LogP) is 1.92. The van der Waals surface area contributed by atoms with Gasteiger partial charge in [0.25, 0.3) is 5.56 Å². The number of nitrogens with zero attached hydrogens (tertiary/aromatic N) is 3. The molecule has 1 aliphatic rings. The van der Waals surface area contributed by atoms with Crippen LogP contribution in [0.3, 0.4) is 0 Å². The second-order valence-electron chi connectivity index (χ2n) is 6.23. The average molecular weight is 321 g/mol. The van der Waals surface area contributed by atoms with Crippen molar-refractivity contribution in [3.63, 3.8) is 0 Å². The number of hydrogen-bond acceptors (Lipinski definition) is 5. The summed E-state index contributed by atoms with van der Waals surface area (Å²) >= 11 is 1.36. The van der Waals surface area contributed by atoms with Gasteiger partial charge in [0.05, 0.1) is 18.0 Å². The number of rotatable bonds is 4. The van der Waals surface area contributed by atoms with Crippen LogP contribution in [0.25, 0.3) is 10.2 Å². The van der Waals surface area contributed by atoms with Crippen molar-refractivity contribution in [1.29, 1.82) is 0 Å². The van der Waals surface area contributed by atoms with Crippen molar-refractivity contribution >= 4 is 21.7 Å². The maximum Gasteiger partial charge on any atom is 0.270 e. The molecule has 0 saturated carbocycles. The van der Waals surface area contributed by atoms with Crippen molar-refractivity contribution in [1.82, 2.24) is 13.8 Å². The van der Waals surface area contributed by atoms with Crippen LogP contribution in [0.5, 0.6) is 0 Å². The van der Waals surface area contributed by atoms with E-state index in [1.807, 2.05) is 19.9 Å². The number of aryl methyl sites for hydroxylation is 2. The Kier molecular flexibility index (Phi) is 4.61. The molecule has 5 nitrogen and oxygen atoms in total. The molecule has 0 bridgehead atoms. The smallest absolute Gasteiger partial charge is 0.270 e. The zero-order valence-electron chi connectivity index (χ0n) is 13.2. The summed E-state index contributed by atoms with van der Waals surface area (Å²) < 4.78 is 1.65. The van der Waals surface area contributed by atoms with Crippen molar-refractivity contribution in [3.8, 4) is 0 Å². The summed E-state index contributed by atoms with van der Waals surface area (Å²) in [6.45, 7) is 6.99. The van der Waals surface area contributed by atoms with Crippen LogP contribution >= 0.6 is 11.5 Å². The summed E-state index contributed by atoms with van der Waals surface area (Å²) in [5.74, 6) is 0. The van der Waals surface area contributed by atoms with E-state index >= 15 is 0 Å². The molecule has 1 saturated heterocycles. The normalized spacial score (nSPS) is 18.0. The number of β-amino-alcohol motifs (C(OH)–C–C–N with tert-alkyl or cyclic N) is 1. The monoisotopic (exact) mass is 321 g/mol. The Balaban J connectivity index is 1.77. The fourth-order valence-corrected chi connectivity index (χ4v) is 4.36. The number of aliphatic hydroxyl groups excluding tert-OH is 1. The van der Waals surface area contributed by atoms with Crippen LogP contribution in [0.1, 0.15) is 30.5 Å². The number of piperidine rings is 1. The molecule has 1 N–H and O–H groups in total. The largest absolute Gasteiger partial charge is 0.390 e. The number of hydrogen-bond donors (Lipinski definition) is 1. The van der Waals surface area contributed by atoms with E-state index in [-0.39, 0.29) is 5.56 Å². The molecule has 1 unspecified atom stereocenters. The molecule has 3 rings (SSSR count). The highest BCUT2D eigenvalue weighted by atomic mass is 32.1. The van der Waals surface area contributed by atoms with Crippen LogP contribution < -0.4 is 5.56 Å². The van der Waals surface area contributed by atoms with Gasteiger partial charge in [-0.2, -0.15) is 0 Å². The third-order valence-electron chi connectivity index (χ3n) is 4.24. The van der Waals surface area contributed by atoms with Gasteiger partial charge in [0, 0.05) is 12.2 Å². The van der Waals surface area contributed by atoms with Crippen molar-refractivity contribution in [2.24, 2.45) is 0 Å². The van der Waals surface area contributed by atoms with Crippen molar-refractivity contribution in [2.75, 3.05) is 19.6 Å². The van der Waals surface area contributed by atoms with E-state index in [0.29, 0.717) is 18.5 Å². The van der Waals surface area contributed by atoms with Crippen molar-refractivity contribution in [3.05, 3.63) is 27.7 Å². The summed E-state index contributed by atoms with van der Waals surface area (Å²) in [5, 5.41) is 11.0. The molecule has 0 aliphatic carbocycles. The van der Waals surface area contributed by atoms with E-state index in [1.165, 1.54) is 30.8 Å². The highest BCUT2D eigenvalue weighted by molar-refractivity contribution is 7.13. The molecule has 2 aromatic heterocycles. The van der Waals surface area contributed by atoms with Gasteiger partial charge in [0.15, 0.2) is 0 Å². The quantitative estimate of drug-likeness (QED) is 0.935. The van der Waals surface area contributed by atoms with Crippen LogP contribution in [-0.4, -0.2) is 44.7 Å². The molecular weight excluding hydrogens is 298 g/mol. The molecule has 1 aliphatic heterocycles. The Morgan fingerprint density at radius 3 is 2.73 bits per heavy atom. The molecule has 0 aromatic carbocycles. The van der Waals surface area contributed by atoms with E-state index in [0.717, 1.165) is 29.2 Å². The number of pyridine rings is 1. The fourth-order valence-electron chi connectivity index (χ4n) is 3.21. The minimum absolute atomic E-state index is 0.0253. The number of fused-ring (bicyclic) bond motifs is 1. The molecule has 1 atom stereocenters. The lowest BCUT2D eigenvalue weighted by molar-refractivity contribution is 0.0900. The Bertz CT molecular complexity index is 716. The first-order valence-corrected chi connectivity index (χ1v) is 8.70. The first kappa shape index (κ1) is 15.6. The Hall–Kier alpha value is -1.24. The minimum atomic E-state index is -0.509. The predicted molar refractivity (Wildman–Crippen MR) is 89.7 cm³/mol.